The number of benzene rings is 1. The van der Waals surface area contributed by atoms with E-state index >= 15 is 0 Å². The molecule has 0 bridgehead atoms. The molecular weight excluding hydrogens is 356 g/mol. The first-order chi connectivity index (χ1) is 9.73. The number of halogens is 1. The highest BCUT2D eigenvalue weighted by Gasteiger charge is 2.16. The Morgan fingerprint density at radius 3 is 2.48 bits per heavy atom. The van der Waals surface area contributed by atoms with Crippen molar-refractivity contribution in [3.05, 3.63) is 33.8 Å². The van der Waals surface area contributed by atoms with Gasteiger partial charge < -0.3 is 9.47 Å². The lowest BCUT2D eigenvalue weighted by molar-refractivity contribution is -0.151. The molecule has 0 saturated carbocycles. The predicted octanol–water partition coefficient (Wildman–Crippen LogP) is 3.81. The van der Waals surface area contributed by atoms with Gasteiger partial charge in [0.15, 0.2) is 0 Å². The van der Waals surface area contributed by atoms with Crippen LogP contribution in [-0.2, 0) is 20.0 Å². The maximum Gasteiger partial charge on any atom is 0.337 e. The summed E-state index contributed by atoms with van der Waals surface area (Å²) in [5, 5.41) is 0. The second-order valence-electron chi connectivity index (χ2n) is 5.38. The average molecular weight is 375 g/mol. The normalized spacial score (nSPS) is 11.1. The minimum absolute atomic E-state index is 0.227. The number of carbonyl (C=O) groups is 2. The van der Waals surface area contributed by atoms with Crippen molar-refractivity contribution in [2.24, 2.45) is 0 Å². The number of esters is 2. The topological polar surface area (TPSA) is 52.6 Å². The van der Waals surface area contributed by atoms with Crippen LogP contribution in [0.2, 0.25) is 0 Å². The van der Waals surface area contributed by atoms with Crippen LogP contribution in [0.15, 0.2) is 22.7 Å². The number of rotatable bonds is 5. The lowest BCUT2D eigenvalue weighted by atomic mass is 10.1. The summed E-state index contributed by atoms with van der Waals surface area (Å²) in [6.45, 7) is 5.53. The van der Waals surface area contributed by atoms with Gasteiger partial charge >= 0.3 is 11.9 Å². The van der Waals surface area contributed by atoms with Crippen LogP contribution >= 0.6 is 27.7 Å². The van der Waals surface area contributed by atoms with Crippen LogP contribution in [0.25, 0.3) is 0 Å². The van der Waals surface area contributed by atoms with Crippen molar-refractivity contribution in [1.82, 2.24) is 0 Å². The maximum atomic E-state index is 11.6. The lowest BCUT2D eigenvalue weighted by Crippen LogP contribution is -2.24. The standard InChI is InChI=1S/C15H19BrO4S/c1-15(2,3)20-13(17)9-21-8-11-6-5-10(7-12(11)16)14(18)19-4/h5-7H,8-9H2,1-4H3. The molecule has 0 atom stereocenters. The SMILES string of the molecule is COC(=O)c1ccc(CSCC(=O)OC(C)(C)C)c(Br)c1. The zero-order valence-corrected chi connectivity index (χ0v) is 15.0. The van der Waals surface area contributed by atoms with Crippen molar-refractivity contribution in [2.45, 2.75) is 32.1 Å². The lowest BCUT2D eigenvalue weighted by Gasteiger charge is -2.19. The summed E-state index contributed by atoms with van der Waals surface area (Å²) in [5.41, 5.74) is 1.04. The Morgan fingerprint density at radius 2 is 1.95 bits per heavy atom. The number of methoxy groups -OCH3 is 1. The minimum atomic E-state index is -0.458. The van der Waals surface area contributed by atoms with Crippen LogP contribution in [0.1, 0.15) is 36.7 Å². The van der Waals surface area contributed by atoms with Crippen LogP contribution in [-0.4, -0.2) is 30.4 Å². The van der Waals surface area contributed by atoms with Crippen LogP contribution in [0.4, 0.5) is 0 Å². The fourth-order valence-corrected chi connectivity index (χ4v) is 3.03. The van der Waals surface area contributed by atoms with E-state index in [0.29, 0.717) is 17.1 Å². The molecule has 21 heavy (non-hydrogen) atoms. The van der Waals surface area contributed by atoms with Gasteiger partial charge in [-0.25, -0.2) is 4.79 Å². The van der Waals surface area contributed by atoms with Gasteiger partial charge in [-0.05, 0) is 38.5 Å². The van der Waals surface area contributed by atoms with E-state index in [2.05, 4.69) is 20.7 Å². The second-order valence-corrected chi connectivity index (χ2v) is 7.22. The molecule has 0 aliphatic heterocycles. The van der Waals surface area contributed by atoms with E-state index in [1.54, 1.807) is 12.1 Å². The molecule has 0 amide bonds. The monoisotopic (exact) mass is 374 g/mol. The van der Waals surface area contributed by atoms with Gasteiger partial charge in [0.1, 0.15) is 5.60 Å². The summed E-state index contributed by atoms with van der Waals surface area (Å²) in [7, 11) is 1.35. The zero-order chi connectivity index (χ0) is 16.0. The molecule has 4 nitrogen and oxygen atoms in total. The van der Waals surface area contributed by atoms with Crippen LogP contribution in [0.5, 0.6) is 0 Å². The third kappa shape index (κ3) is 6.52. The molecule has 0 saturated heterocycles. The maximum absolute atomic E-state index is 11.6. The van der Waals surface area contributed by atoms with Crippen molar-refractivity contribution in [3.63, 3.8) is 0 Å². The van der Waals surface area contributed by atoms with Gasteiger partial charge in [0, 0.05) is 10.2 Å². The van der Waals surface area contributed by atoms with Gasteiger partial charge in [-0.15, -0.1) is 11.8 Å². The molecule has 0 heterocycles. The third-order valence-electron chi connectivity index (χ3n) is 2.37. The number of carbonyl (C=O) groups excluding carboxylic acids is 2. The molecule has 0 aliphatic rings. The van der Waals surface area contributed by atoms with Crippen LogP contribution < -0.4 is 0 Å². The molecule has 0 unspecified atom stereocenters. The van der Waals surface area contributed by atoms with Crippen molar-refractivity contribution in [2.75, 3.05) is 12.9 Å². The van der Waals surface area contributed by atoms with E-state index in [1.807, 2.05) is 26.8 Å². The summed E-state index contributed by atoms with van der Waals surface area (Å²) in [6, 6.07) is 5.27. The zero-order valence-electron chi connectivity index (χ0n) is 12.6. The van der Waals surface area contributed by atoms with E-state index in [9.17, 15) is 9.59 Å². The summed E-state index contributed by atoms with van der Waals surface area (Å²) < 4.78 is 10.7. The number of hydrogen-bond acceptors (Lipinski definition) is 5. The van der Waals surface area contributed by atoms with Gasteiger partial charge in [-0.1, -0.05) is 22.0 Å². The van der Waals surface area contributed by atoms with E-state index in [-0.39, 0.29) is 11.9 Å². The number of ether oxygens (including phenoxy) is 2. The Labute approximate surface area is 137 Å². The van der Waals surface area contributed by atoms with Crippen molar-refractivity contribution in [1.29, 1.82) is 0 Å². The quantitative estimate of drug-likeness (QED) is 0.733. The summed E-state index contributed by atoms with van der Waals surface area (Å²) in [6.07, 6.45) is 0. The smallest absolute Gasteiger partial charge is 0.337 e. The van der Waals surface area contributed by atoms with Gasteiger partial charge in [-0.3, -0.25) is 4.79 Å². The van der Waals surface area contributed by atoms with E-state index in [1.165, 1.54) is 18.9 Å². The van der Waals surface area contributed by atoms with Crippen LogP contribution in [0.3, 0.4) is 0 Å². The van der Waals surface area contributed by atoms with Crippen LogP contribution in [0, 0.1) is 0 Å². The molecule has 116 valence electrons. The molecule has 0 fully saturated rings. The highest BCUT2D eigenvalue weighted by atomic mass is 79.9. The largest absolute Gasteiger partial charge is 0.465 e. The summed E-state index contributed by atoms with van der Waals surface area (Å²) >= 11 is 4.89. The second kappa shape index (κ2) is 7.84. The van der Waals surface area contributed by atoms with Crippen molar-refractivity contribution >= 4 is 39.6 Å². The first kappa shape index (κ1) is 18.0. The summed E-state index contributed by atoms with van der Waals surface area (Å²) in [4.78, 5) is 23.0. The van der Waals surface area contributed by atoms with E-state index in [0.717, 1.165) is 10.0 Å². The number of hydrogen-bond donors (Lipinski definition) is 0. The van der Waals surface area contributed by atoms with Crippen molar-refractivity contribution < 1.29 is 19.1 Å². The molecule has 1 rings (SSSR count). The molecule has 6 heteroatoms. The van der Waals surface area contributed by atoms with Gasteiger partial charge in [0.2, 0.25) is 0 Å². The Kier molecular flexibility index (Phi) is 6.74. The Morgan fingerprint density at radius 1 is 1.29 bits per heavy atom. The molecule has 0 radical (unpaired) electrons. The molecule has 1 aromatic carbocycles. The molecule has 0 N–H and O–H groups in total. The van der Waals surface area contributed by atoms with E-state index < -0.39 is 5.60 Å². The Balaban J connectivity index is 2.53. The molecule has 0 aliphatic carbocycles. The van der Waals surface area contributed by atoms with E-state index in [4.69, 9.17) is 4.74 Å². The first-order valence-electron chi connectivity index (χ1n) is 6.39. The minimum Gasteiger partial charge on any atom is -0.465 e. The highest BCUT2D eigenvalue weighted by molar-refractivity contribution is 9.10. The first-order valence-corrected chi connectivity index (χ1v) is 8.34. The molecule has 1 aromatic rings. The fourth-order valence-electron chi connectivity index (χ4n) is 1.52. The Bertz CT molecular complexity index is 523. The van der Waals surface area contributed by atoms with Gasteiger partial charge in [-0.2, -0.15) is 0 Å². The fraction of sp³-hybridized carbons (Fsp3) is 0.467. The number of thioether (sulfide) groups is 1. The average Bonchev–Trinajstić information content (AvgIpc) is 2.37. The highest BCUT2D eigenvalue weighted by Crippen LogP contribution is 2.24. The van der Waals surface area contributed by atoms with Gasteiger partial charge in [0.25, 0.3) is 0 Å². The molecular formula is C15H19BrO4S. The predicted molar refractivity (Wildman–Crippen MR) is 87.5 cm³/mol. The summed E-state index contributed by atoms with van der Waals surface area (Å²) in [5.74, 6) is 0.350. The van der Waals surface area contributed by atoms with Crippen molar-refractivity contribution in [3.8, 4) is 0 Å². The molecule has 0 spiro atoms. The molecule has 0 aromatic heterocycles. The third-order valence-corrected chi connectivity index (χ3v) is 4.06. The van der Waals surface area contributed by atoms with Gasteiger partial charge in [0.05, 0.1) is 18.4 Å². The Hall–Kier alpha value is -1.01.